The van der Waals surface area contributed by atoms with E-state index in [0.717, 1.165) is 11.1 Å². The lowest BCUT2D eigenvalue weighted by atomic mass is 9.98. The second kappa shape index (κ2) is 6.90. The van der Waals surface area contributed by atoms with Gasteiger partial charge in [-0.2, -0.15) is 5.26 Å². The van der Waals surface area contributed by atoms with Crippen LogP contribution in [0.3, 0.4) is 0 Å². The van der Waals surface area contributed by atoms with Crippen molar-refractivity contribution in [3.63, 3.8) is 0 Å². The van der Waals surface area contributed by atoms with E-state index < -0.39 is 5.60 Å². The van der Waals surface area contributed by atoms with Gasteiger partial charge >= 0.3 is 0 Å². The molecule has 1 unspecified atom stereocenters. The lowest BCUT2D eigenvalue weighted by Crippen LogP contribution is -2.37. The molecule has 0 radical (unpaired) electrons. The predicted molar refractivity (Wildman–Crippen MR) is 108 cm³/mol. The van der Waals surface area contributed by atoms with Crippen LogP contribution in [-0.4, -0.2) is 45.1 Å². The summed E-state index contributed by atoms with van der Waals surface area (Å²) in [6.45, 7) is 0.474. The number of likely N-dealkylation sites (tertiary alicyclic amines) is 1. The third-order valence-corrected chi connectivity index (χ3v) is 5.01. The molecule has 1 aromatic heterocycles. The quantitative estimate of drug-likeness (QED) is 0.618. The Bertz CT molecular complexity index is 1250. The molecular weight excluding hydrogens is 366 g/mol. The SMILES string of the molecule is CN1CCC(O)(C#Cc2cccc(-c3cc(C#N)c4ncnc(N)c4c3)c2)C1=O. The van der Waals surface area contributed by atoms with Crippen LogP contribution in [-0.2, 0) is 4.79 Å². The summed E-state index contributed by atoms with van der Waals surface area (Å²) in [5, 5.41) is 20.6. The molecule has 1 fully saturated rings. The van der Waals surface area contributed by atoms with E-state index in [0.29, 0.717) is 34.4 Å². The van der Waals surface area contributed by atoms with Crippen molar-refractivity contribution in [3.8, 4) is 29.0 Å². The molecule has 0 spiro atoms. The molecule has 142 valence electrons. The number of nitrogens with zero attached hydrogens (tertiary/aromatic N) is 4. The lowest BCUT2D eigenvalue weighted by molar-refractivity contribution is -0.137. The minimum absolute atomic E-state index is 0.282. The number of amides is 1. The Morgan fingerprint density at radius 2 is 2.07 bits per heavy atom. The van der Waals surface area contributed by atoms with Crippen LogP contribution in [0.4, 0.5) is 5.82 Å². The van der Waals surface area contributed by atoms with E-state index in [1.165, 1.54) is 11.2 Å². The Morgan fingerprint density at radius 3 is 2.79 bits per heavy atom. The molecule has 29 heavy (non-hydrogen) atoms. The fourth-order valence-electron chi connectivity index (χ4n) is 3.36. The highest BCUT2D eigenvalue weighted by molar-refractivity contribution is 5.95. The Hall–Kier alpha value is -3.94. The molecule has 1 atom stereocenters. The molecule has 7 nitrogen and oxygen atoms in total. The molecule has 4 rings (SSSR count). The zero-order chi connectivity index (χ0) is 20.6. The Labute approximate surface area is 167 Å². The van der Waals surface area contributed by atoms with Gasteiger partial charge < -0.3 is 15.7 Å². The molecular formula is C22H17N5O2. The highest BCUT2D eigenvalue weighted by Gasteiger charge is 2.42. The van der Waals surface area contributed by atoms with Gasteiger partial charge in [0, 0.05) is 31.0 Å². The molecule has 7 heteroatoms. The van der Waals surface area contributed by atoms with Gasteiger partial charge in [-0.05, 0) is 35.4 Å². The van der Waals surface area contributed by atoms with Crippen LogP contribution < -0.4 is 5.73 Å². The minimum Gasteiger partial charge on any atom is -0.383 e. The maximum Gasteiger partial charge on any atom is 0.267 e. The predicted octanol–water partition coefficient (Wildman–Crippen LogP) is 1.70. The average molecular weight is 383 g/mol. The molecule has 3 aromatic rings. The maximum atomic E-state index is 12.1. The van der Waals surface area contributed by atoms with Crippen molar-refractivity contribution in [2.45, 2.75) is 12.0 Å². The summed E-state index contributed by atoms with van der Waals surface area (Å²) in [5.74, 6) is 5.54. The molecule has 2 aromatic carbocycles. The first-order valence-corrected chi connectivity index (χ1v) is 8.97. The van der Waals surface area contributed by atoms with Crippen molar-refractivity contribution in [1.29, 1.82) is 5.26 Å². The van der Waals surface area contributed by atoms with Crippen molar-refractivity contribution in [2.75, 3.05) is 19.3 Å². The highest BCUT2D eigenvalue weighted by Crippen LogP contribution is 2.29. The summed E-state index contributed by atoms with van der Waals surface area (Å²) >= 11 is 0. The number of nitrogens with two attached hydrogens (primary N) is 1. The van der Waals surface area contributed by atoms with Crippen molar-refractivity contribution < 1.29 is 9.90 Å². The third-order valence-electron chi connectivity index (χ3n) is 5.01. The number of nitriles is 1. The third kappa shape index (κ3) is 3.25. The van der Waals surface area contributed by atoms with E-state index in [-0.39, 0.29) is 12.3 Å². The van der Waals surface area contributed by atoms with Crippen molar-refractivity contribution >= 4 is 22.6 Å². The minimum atomic E-state index is -1.65. The number of carbonyl (C=O) groups excluding carboxylic acids is 1. The van der Waals surface area contributed by atoms with E-state index in [4.69, 9.17) is 5.73 Å². The number of likely N-dealkylation sites (N-methyl/N-ethyl adjacent to an activating group) is 1. The van der Waals surface area contributed by atoms with Crippen LogP contribution in [0.5, 0.6) is 0 Å². The summed E-state index contributed by atoms with van der Waals surface area (Å²) in [7, 11) is 1.64. The number of hydrogen-bond donors (Lipinski definition) is 2. The summed E-state index contributed by atoms with van der Waals surface area (Å²) < 4.78 is 0. The second-order valence-corrected chi connectivity index (χ2v) is 6.96. The number of aliphatic hydroxyl groups is 1. The van der Waals surface area contributed by atoms with Crippen LogP contribution in [0, 0.1) is 23.2 Å². The number of aromatic nitrogens is 2. The van der Waals surface area contributed by atoms with E-state index in [2.05, 4.69) is 27.9 Å². The summed E-state index contributed by atoms with van der Waals surface area (Å²) in [5.41, 5.74) is 7.47. The topological polar surface area (TPSA) is 116 Å². The van der Waals surface area contributed by atoms with Crippen molar-refractivity contribution in [2.24, 2.45) is 0 Å². The number of fused-ring (bicyclic) bond motifs is 1. The number of benzene rings is 2. The molecule has 0 bridgehead atoms. The monoisotopic (exact) mass is 383 g/mol. The van der Waals surface area contributed by atoms with Gasteiger partial charge in [0.1, 0.15) is 18.2 Å². The fraction of sp³-hybridized carbons (Fsp3) is 0.182. The van der Waals surface area contributed by atoms with Gasteiger partial charge in [0.05, 0.1) is 11.1 Å². The van der Waals surface area contributed by atoms with Gasteiger partial charge in [0.15, 0.2) is 0 Å². The smallest absolute Gasteiger partial charge is 0.267 e. The van der Waals surface area contributed by atoms with Crippen LogP contribution in [0.1, 0.15) is 17.5 Å². The first kappa shape index (κ1) is 18.4. The van der Waals surface area contributed by atoms with Gasteiger partial charge in [0.25, 0.3) is 5.91 Å². The molecule has 0 aliphatic carbocycles. The average Bonchev–Trinajstić information content (AvgIpc) is 3.00. The summed E-state index contributed by atoms with van der Waals surface area (Å²) in [6.07, 6.45) is 1.62. The molecule has 1 aliphatic heterocycles. The number of nitrogen functional groups attached to an aromatic ring is 1. The van der Waals surface area contributed by atoms with Gasteiger partial charge in [-0.3, -0.25) is 4.79 Å². The van der Waals surface area contributed by atoms with Crippen LogP contribution >= 0.6 is 0 Å². The van der Waals surface area contributed by atoms with E-state index >= 15 is 0 Å². The molecule has 0 saturated carbocycles. The van der Waals surface area contributed by atoms with E-state index in [9.17, 15) is 15.2 Å². The summed E-state index contributed by atoms with van der Waals surface area (Å²) in [6, 6.07) is 13.1. The zero-order valence-corrected chi connectivity index (χ0v) is 15.7. The first-order valence-electron chi connectivity index (χ1n) is 8.97. The number of carbonyl (C=O) groups is 1. The summed E-state index contributed by atoms with van der Waals surface area (Å²) in [4.78, 5) is 21.7. The Kier molecular flexibility index (Phi) is 4.38. The van der Waals surface area contributed by atoms with E-state index in [1.54, 1.807) is 19.2 Å². The highest BCUT2D eigenvalue weighted by atomic mass is 16.3. The molecule has 3 N–H and O–H groups in total. The molecule has 1 saturated heterocycles. The largest absolute Gasteiger partial charge is 0.383 e. The Balaban J connectivity index is 1.76. The standard InChI is InChI=1S/C22H17N5O2/c1-27-8-7-22(29,21(27)28)6-5-14-3-2-4-15(9-14)16-10-17(12-23)19-18(11-16)20(24)26-13-25-19/h2-4,9-11,13,29H,7-8H2,1H3,(H2,24,25,26). The normalized spacial score (nSPS) is 18.4. The molecule has 1 aliphatic rings. The van der Waals surface area contributed by atoms with Crippen LogP contribution in [0.2, 0.25) is 0 Å². The lowest BCUT2D eigenvalue weighted by Gasteiger charge is -2.13. The van der Waals surface area contributed by atoms with Crippen LogP contribution in [0.15, 0.2) is 42.7 Å². The Morgan fingerprint density at radius 1 is 1.24 bits per heavy atom. The van der Waals surface area contributed by atoms with Gasteiger partial charge in [-0.25, -0.2) is 9.97 Å². The fourth-order valence-corrected chi connectivity index (χ4v) is 3.36. The maximum absolute atomic E-state index is 12.1. The first-order chi connectivity index (χ1) is 13.9. The molecule has 2 heterocycles. The van der Waals surface area contributed by atoms with E-state index in [1.807, 2.05) is 24.3 Å². The number of hydrogen-bond acceptors (Lipinski definition) is 6. The zero-order valence-electron chi connectivity index (χ0n) is 15.7. The number of rotatable bonds is 1. The van der Waals surface area contributed by atoms with Gasteiger partial charge in [0.2, 0.25) is 5.60 Å². The van der Waals surface area contributed by atoms with Crippen molar-refractivity contribution in [1.82, 2.24) is 14.9 Å². The molecule has 1 amide bonds. The van der Waals surface area contributed by atoms with Crippen molar-refractivity contribution in [3.05, 3.63) is 53.9 Å². The van der Waals surface area contributed by atoms with Crippen LogP contribution in [0.25, 0.3) is 22.0 Å². The number of anilines is 1. The van der Waals surface area contributed by atoms with Gasteiger partial charge in [-0.1, -0.05) is 24.0 Å². The van der Waals surface area contributed by atoms with Gasteiger partial charge in [-0.15, -0.1) is 0 Å². The second-order valence-electron chi connectivity index (χ2n) is 6.96.